The molecule has 8 nitrogen and oxygen atoms in total. The fourth-order valence-corrected chi connectivity index (χ4v) is 9.99. The fourth-order valence-electron chi connectivity index (χ4n) is 7.97. The van der Waals surface area contributed by atoms with Crippen LogP contribution in [0.25, 0.3) is 9.44 Å². The van der Waals surface area contributed by atoms with E-state index in [-0.39, 0.29) is 26.6 Å². The van der Waals surface area contributed by atoms with E-state index in [0.717, 1.165) is 22.5 Å². The van der Waals surface area contributed by atoms with Gasteiger partial charge in [0.05, 0.1) is 21.2 Å². The van der Waals surface area contributed by atoms with Crippen LogP contribution in [0.15, 0.2) is 165 Å². The van der Waals surface area contributed by atoms with Gasteiger partial charge in [-0.05, 0) is 122 Å². The van der Waals surface area contributed by atoms with Gasteiger partial charge >= 0.3 is 16.8 Å². The van der Waals surface area contributed by atoms with E-state index in [1.165, 1.54) is 75.3 Å². The van der Waals surface area contributed by atoms with Crippen LogP contribution in [0.2, 0.25) is 0 Å². The van der Waals surface area contributed by atoms with Gasteiger partial charge in [-0.1, -0.05) is 147 Å². The molecule has 63 heavy (non-hydrogen) atoms. The molecule has 0 atom stereocenters. The van der Waals surface area contributed by atoms with Gasteiger partial charge in [-0.25, -0.2) is 16.8 Å². The molecule has 2 saturated carbocycles. The van der Waals surface area contributed by atoms with Gasteiger partial charge in [0, 0.05) is 12.4 Å². The van der Waals surface area contributed by atoms with E-state index >= 15 is 0 Å². The quantitative estimate of drug-likeness (QED) is 0.113. The normalized spacial score (nSPS) is 15.0. The second-order valence-electron chi connectivity index (χ2n) is 16.2. The zero-order chi connectivity index (χ0) is 43.4. The van der Waals surface area contributed by atoms with E-state index < -0.39 is 20.0 Å². The molecule has 2 fully saturated rings. The number of aryl methyl sites for hydroxylation is 2. The van der Waals surface area contributed by atoms with Crippen molar-refractivity contribution in [1.29, 1.82) is 0 Å². The Morgan fingerprint density at radius 2 is 0.778 bits per heavy atom. The van der Waals surface area contributed by atoms with Gasteiger partial charge in [-0.15, -0.1) is 11.4 Å². The summed E-state index contributed by atoms with van der Waals surface area (Å²) in [6, 6.07) is 44.5. The van der Waals surface area contributed by atoms with Gasteiger partial charge in [0.2, 0.25) is 0 Å². The summed E-state index contributed by atoms with van der Waals surface area (Å²) in [5, 5.41) is 0. The van der Waals surface area contributed by atoms with Gasteiger partial charge in [0.1, 0.15) is 20.0 Å². The van der Waals surface area contributed by atoms with Gasteiger partial charge in [-0.2, -0.15) is 0 Å². The fraction of sp³-hybridized carbons (Fsp3) is 0.269. The standard InChI is InChI=1S/2C26H27N2O2S.Co/c2*1-20-11-17-25(18-12-20)31(29,30)28-26-10-6-5-9-23(26)19-27-24-15-13-22(14-16-24)21-7-3-2-4-8-21;/h2*5-6,9-19,21H,2-4,7-8H2,1H3;/q2*-1;+2. The predicted octanol–water partition coefficient (Wildman–Crippen LogP) is 14.4. The summed E-state index contributed by atoms with van der Waals surface area (Å²) in [5.74, 6) is 1.33. The minimum absolute atomic E-state index is 0. The summed E-state index contributed by atoms with van der Waals surface area (Å²) in [6.07, 6.45) is 16.4. The maximum atomic E-state index is 12.7. The third-order valence-corrected chi connectivity index (χ3v) is 14.2. The molecule has 2 aliphatic carbocycles. The van der Waals surface area contributed by atoms with Crippen molar-refractivity contribution in [2.24, 2.45) is 9.98 Å². The Hall–Kier alpha value is -5.33. The van der Waals surface area contributed by atoms with Crippen molar-refractivity contribution >= 4 is 55.2 Å². The van der Waals surface area contributed by atoms with Crippen LogP contribution in [-0.4, -0.2) is 29.3 Å². The minimum Gasteiger partial charge on any atom is -0.572 e. The Morgan fingerprint density at radius 1 is 0.444 bits per heavy atom. The molecule has 6 aromatic carbocycles. The first-order valence-corrected chi connectivity index (χ1v) is 24.5. The molecule has 0 bridgehead atoms. The van der Waals surface area contributed by atoms with Gasteiger partial charge in [0.25, 0.3) is 0 Å². The van der Waals surface area contributed by atoms with Gasteiger partial charge in [0.15, 0.2) is 0 Å². The number of sulfonamides is 2. The largest absolute Gasteiger partial charge is 2.00 e. The van der Waals surface area contributed by atoms with Crippen molar-refractivity contribution in [1.82, 2.24) is 0 Å². The van der Waals surface area contributed by atoms with Crippen molar-refractivity contribution in [2.75, 3.05) is 0 Å². The van der Waals surface area contributed by atoms with E-state index in [2.05, 4.69) is 43.7 Å². The number of rotatable bonds is 12. The second-order valence-corrected chi connectivity index (χ2v) is 19.5. The number of aliphatic imine (C=N–C) groups is 2. The summed E-state index contributed by atoms with van der Waals surface area (Å²) in [6.45, 7) is 3.84. The number of hydrogen-bond acceptors (Lipinski definition) is 6. The van der Waals surface area contributed by atoms with Crippen LogP contribution in [0, 0.1) is 13.8 Å². The topological polar surface area (TPSA) is 121 Å². The molecule has 0 heterocycles. The van der Waals surface area contributed by atoms with Crippen molar-refractivity contribution in [3.8, 4) is 0 Å². The van der Waals surface area contributed by atoms with Crippen LogP contribution in [0.1, 0.15) is 109 Å². The van der Waals surface area contributed by atoms with E-state index in [9.17, 15) is 16.8 Å². The zero-order valence-electron chi connectivity index (χ0n) is 35.8. The SMILES string of the molecule is Cc1ccc(S(=O)(=O)[N-]c2ccccc2C=Nc2ccc(C3CCCCC3)cc2)cc1.Cc1ccc(S(=O)(=O)[N-]c2ccccc2C=Nc2ccc(C3CCCCC3)cc2)cc1.[Co+2]. The molecule has 0 aromatic heterocycles. The summed E-state index contributed by atoms with van der Waals surface area (Å²) in [7, 11) is -7.58. The van der Waals surface area contributed by atoms with Crippen LogP contribution in [0.4, 0.5) is 22.7 Å². The third-order valence-electron chi connectivity index (χ3n) is 11.6. The average Bonchev–Trinajstić information content (AvgIpc) is 3.30. The van der Waals surface area contributed by atoms with E-state index in [4.69, 9.17) is 0 Å². The van der Waals surface area contributed by atoms with Crippen molar-refractivity contribution in [2.45, 2.75) is 99.7 Å². The Morgan fingerprint density at radius 3 is 1.13 bits per heavy atom. The first kappa shape index (κ1) is 47.2. The van der Waals surface area contributed by atoms with Gasteiger partial charge < -0.3 is 9.44 Å². The molecular weight excluding hydrogens is 868 g/mol. The molecule has 8 rings (SSSR count). The Labute approximate surface area is 384 Å². The van der Waals surface area contributed by atoms with Crippen molar-refractivity contribution < 1.29 is 33.6 Å². The molecule has 11 heteroatoms. The molecule has 2 aliphatic rings. The minimum atomic E-state index is -3.79. The molecular formula is C52H54CoN4O4S2. The summed E-state index contributed by atoms with van der Waals surface area (Å²) in [4.78, 5) is 9.48. The molecule has 0 unspecified atom stereocenters. The van der Waals surface area contributed by atoms with Crippen LogP contribution in [-0.2, 0) is 36.8 Å². The molecule has 0 amide bonds. The maximum Gasteiger partial charge on any atom is 2.00 e. The van der Waals surface area contributed by atoms with Crippen LogP contribution in [0.5, 0.6) is 0 Å². The molecule has 0 N–H and O–H groups in total. The molecule has 0 aliphatic heterocycles. The van der Waals surface area contributed by atoms with E-state index in [1.807, 2.05) is 62.4 Å². The number of nitrogens with zero attached hydrogens (tertiary/aromatic N) is 4. The molecule has 1 radical (unpaired) electrons. The Balaban J connectivity index is 0.000000206. The maximum absolute atomic E-state index is 12.7. The predicted molar refractivity (Wildman–Crippen MR) is 255 cm³/mol. The molecule has 0 spiro atoms. The monoisotopic (exact) mass is 921 g/mol. The van der Waals surface area contributed by atoms with Gasteiger partial charge in [-0.3, -0.25) is 9.98 Å². The van der Waals surface area contributed by atoms with Crippen LogP contribution in [0.3, 0.4) is 0 Å². The van der Waals surface area contributed by atoms with Crippen molar-refractivity contribution in [3.63, 3.8) is 0 Å². The van der Waals surface area contributed by atoms with E-state index in [0.29, 0.717) is 34.3 Å². The zero-order valence-corrected chi connectivity index (χ0v) is 38.5. The first-order chi connectivity index (χ1) is 30.0. The van der Waals surface area contributed by atoms with Crippen molar-refractivity contribution in [3.05, 3.63) is 188 Å². The summed E-state index contributed by atoms with van der Waals surface area (Å²) >= 11 is 0. The Bertz CT molecular complexity index is 2490. The summed E-state index contributed by atoms with van der Waals surface area (Å²) in [5.41, 5.74) is 8.55. The number of benzene rings is 6. The summed E-state index contributed by atoms with van der Waals surface area (Å²) < 4.78 is 59.0. The average molecular weight is 922 g/mol. The molecule has 6 aromatic rings. The van der Waals surface area contributed by atoms with E-state index in [1.54, 1.807) is 85.2 Å². The van der Waals surface area contributed by atoms with Crippen LogP contribution < -0.4 is 0 Å². The number of hydrogen-bond donors (Lipinski definition) is 0. The first-order valence-electron chi connectivity index (χ1n) is 21.6. The smallest absolute Gasteiger partial charge is 0.572 e. The Kier molecular flexibility index (Phi) is 16.7. The second kappa shape index (κ2) is 22.3. The molecule has 327 valence electrons. The molecule has 0 saturated heterocycles. The third kappa shape index (κ3) is 13.3. The van der Waals surface area contributed by atoms with Crippen LogP contribution >= 0.6 is 0 Å².